The van der Waals surface area contributed by atoms with Crippen LogP contribution in [-0.2, 0) is 20.6 Å². The molecule has 1 heterocycles. The summed E-state index contributed by atoms with van der Waals surface area (Å²) < 4.78 is 34.2. The van der Waals surface area contributed by atoms with E-state index in [0.717, 1.165) is 24.3 Å². The van der Waals surface area contributed by atoms with Crippen LogP contribution in [0.5, 0.6) is 0 Å². The molecule has 96 valence electrons. The van der Waals surface area contributed by atoms with E-state index in [4.69, 9.17) is 0 Å². The second-order valence-corrected chi connectivity index (χ2v) is 8.87. The van der Waals surface area contributed by atoms with Crippen molar-refractivity contribution in [2.45, 2.75) is 38.0 Å². The highest BCUT2D eigenvalue weighted by Gasteiger charge is 2.19. The largest absolute Gasteiger partial charge is 0.313 e. The smallest absolute Gasteiger partial charge is 0.153 e. The first-order chi connectivity index (χ1) is 7.42. The summed E-state index contributed by atoms with van der Waals surface area (Å²) in [6, 6.07) is 0.347. The van der Waals surface area contributed by atoms with Crippen molar-refractivity contribution in [3.05, 3.63) is 0 Å². The molecule has 1 saturated heterocycles. The van der Waals surface area contributed by atoms with E-state index >= 15 is 0 Å². The van der Waals surface area contributed by atoms with Gasteiger partial charge in [0.25, 0.3) is 0 Å². The fraction of sp³-hybridized carbons (Fsp3) is 1.00. The average Bonchev–Trinajstić information content (AvgIpc) is 2.20. The maximum Gasteiger partial charge on any atom is 0.153 e. The molecule has 0 unspecified atom stereocenters. The Morgan fingerprint density at radius 1 is 1.31 bits per heavy atom. The Hall–Kier alpha value is 0.0600. The molecule has 0 aromatic rings. The predicted octanol–water partition coefficient (Wildman–Crippen LogP) is 0.310. The molecule has 4 nitrogen and oxygen atoms in total. The summed E-state index contributed by atoms with van der Waals surface area (Å²) in [7, 11) is -3.58. The molecular weight excluding hydrogens is 246 g/mol. The molecule has 0 atom stereocenters. The molecule has 0 aliphatic carbocycles. The Bertz CT molecular complexity index is 328. The molecule has 0 amide bonds. The first-order valence-electron chi connectivity index (χ1n) is 5.72. The quantitative estimate of drug-likeness (QED) is 0.779. The molecule has 1 aliphatic rings. The van der Waals surface area contributed by atoms with Crippen LogP contribution in [0, 0.1) is 0 Å². The van der Waals surface area contributed by atoms with Gasteiger partial charge < -0.3 is 5.32 Å². The van der Waals surface area contributed by atoms with E-state index in [-0.39, 0.29) is 11.0 Å². The molecule has 1 rings (SSSR count). The molecule has 16 heavy (non-hydrogen) atoms. The van der Waals surface area contributed by atoms with Crippen molar-refractivity contribution < 1.29 is 12.6 Å². The molecular formula is C10H21NO3S2. The Kier molecular flexibility index (Phi) is 5.40. The van der Waals surface area contributed by atoms with Crippen molar-refractivity contribution >= 4 is 20.6 Å². The van der Waals surface area contributed by atoms with Gasteiger partial charge in [0.1, 0.15) is 0 Å². The summed E-state index contributed by atoms with van der Waals surface area (Å²) in [5.74, 6) is 1.69. The third-order valence-corrected chi connectivity index (χ3v) is 6.52. The highest BCUT2D eigenvalue weighted by molar-refractivity contribution is 7.92. The Balaban J connectivity index is 2.23. The topological polar surface area (TPSA) is 63.2 Å². The standard InChI is InChI=1S/C10H21NO3S2/c1-9(2)16(13,14)8-5-11-10-3-6-15(12)7-4-10/h9-11H,3-8H2,1-2H3. The highest BCUT2D eigenvalue weighted by atomic mass is 32.2. The SMILES string of the molecule is CC(C)S(=O)(=O)CCNC1CCS(=O)CC1. The summed E-state index contributed by atoms with van der Waals surface area (Å²) in [5.41, 5.74) is 0. The number of nitrogens with one attached hydrogen (secondary N) is 1. The second-order valence-electron chi connectivity index (χ2n) is 4.49. The lowest BCUT2D eigenvalue weighted by Crippen LogP contribution is -2.38. The van der Waals surface area contributed by atoms with Gasteiger partial charge in [0.2, 0.25) is 0 Å². The van der Waals surface area contributed by atoms with E-state index in [1.807, 2.05) is 0 Å². The van der Waals surface area contributed by atoms with Crippen molar-refractivity contribution in [3.63, 3.8) is 0 Å². The van der Waals surface area contributed by atoms with E-state index < -0.39 is 20.6 Å². The lowest BCUT2D eigenvalue weighted by atomic mass is 10.1. The van der Waals surface area contributed by atoms with E-state index in [1.54, 1.807) is 13.8 Å². The molecule has 6 heteroatoms. The van der Waals surface area contributed by atoms with Gasteiger partial charge in [0.15, 0.2) is 9.84 Å². The molecule has 0 aromatic carbocycles. The Labute approximate surface area is 101 Å². The van der Waals surface area contributed by atoms with Crippen molar-refractivity contribution in [3.8, 4) is 0 Å². The third-order valence-electron chi connectivity index (χ3n) is 2.93. The number of rotatable bonds is 5. The van der Waals surface area contributed by atoms with Gasteiger partial charge in [-0.1, -0.05) is 0 Å². The number of sulfone groups is 1. The maximum atomic E-state index is 11.5. The van der Waals surface area contributed by atoms with Crippen LogP contribution in [0.25, 0.3) is 0 Å². The van der Waals surface area contributed by atoms with Gasteiger partial charge in [-0.25, -0.2) is 8.42 Å². The summed E-state index contributed by atoms with van der Waals surface area (Å²) in [6.45, 7) is 3.93. The van der Waals surface area contributed by atoms with E-state index in [2.05, 4.69) is 5.32 Å². The van der Waals surface area contributed by atoms with E-state index in [9.17, 15) is 12.6 Å². The van der Waals surface area contributed by atoms with Crippen LogP contribution in [0.1, 0.15) is 26.7 Å². The van der Waals surface area contributed by atoms with Crippen molar-refractivity contribution in [2.75, 3.05) is 23.8 Å². The van der Waals surface area contributed by atoms with Crippen molar-refractivity contribution in [1.29, 1.82) is 0 Å². The summed E-state index contributed by atoms with van der Waals surface area (Å²) in [4.78, 5) is 0. The number of hydrogen-bond donors (Lipinski definition) is 1. The summed E-state index contributed by atoms with van der Waals surface area (Å²) in [6.07, 6.45) is 1.79. The van der Waals surface area contributed by atoms with Crippen LogP contribution < -0.4 is 5.32 Å². The Morgan fingerprint density at radius 2 is 1.88 bits per heavy atom. The maximum absolute atomic E-state index is 11.5. The zero-order valence-electron chi connectivity index (χ0n) is 9.94. The zero-order valence-corrected chi connectivity index (χ0v) is 11.6. The summed E-state index contributed by atoms with van der Waals surface area (Å²) in [5, 5.41) is 2.94. The molecule has 0 spiro atoms. The van der Waals surface area contributed by atoms with Crippen LogP contribution in [0.2, 0.25) is 0 Å². The molecule has 0 saturated carbocycles. The lowest BCUT2D eigenvalue weighted by Gasteiger charge is -2.22. The minimum Gasteiger partial charge on any atom is -0.313 e. The van der Waals surface area contributed by atoms with E-state index in [0.29, 0.717) is 12.6 Å². The first-order valence-corrected chi connectivity index (χ1v) is 8.92. The first kappa shape index (κ1) is 14.1. The van der Waals surface area contributed by atoms with Gasteiger partial charge in [-0.2, -0.15) is 0 Å². The molecule has 1 N–H and O–H groups in total. The highest BCUT2D eigenvalue weighted by Crippen LogP contribution is 2.09. The van der Waals surface area contributed by atoms with Crippen LogP contribution in [0.4, 0.5) is 0 Å². The minimum atomic E-state index is -2.93. The molecule has 0 bridgehead atoms. The lowest BCUT2D eigenvalue weighted by molar-refractivity contribution is 0.487. The number of hydrogen-bond acceptors (Lipinski definition) is 4. The predicted molar refractivity (Wildman–Crippen MR) is 67.8 cm³/mol. The van der Waals surface area contributed by atoms with Crippen molar-refractivity contribution in [2.24, 2.45) is 0 Å². The van der Waals surface area contributed by atoms with Gasteiger partial charge in [-0.15, -0.1) is 0 Å². The average molecular weight is 267 g/mol. The third kappa shape index (κ3) is 4.51. The van der Waals surface area contributed by atoms with Gasteiger partial charge >= 0.3 is 0 Å². The van der Waals surface area contributed by atoms with Crippen LogP contribution in [0.15, 0.2) is 0 Å². The van der Waals surface area contributed by atoms with Gasteiger partial charge in [-0.05, 0) is 26.7 Å². The monoisotopic (exact) mass is 267 g/mol. The fourth-order valence-electron chi connectivity index (χ4n) is 1.64. The molecule has 1 aliphatic heterocycles. The zero-order chi connectivity index (χ0) is 12.2. The van der Waals surface area contributed by atoms with Gasteiger partial charge in [0.05, 0.1) is 11.0 Å². The van der Waals surface area contributed by atoms with Crippen LogP contribution >= 0.6 is 0 Å². The molecule has 0 radical (unpaired) electrons. The van der Waals surface area contributed by atoms with Gasteiger partial charge in [0, 0.05) is 34.9 Å². The van der Waals surface area contributed by atoms with Crippen molar-refractivity contribution in [1.82, 2.24) is 5.32 Å². The van der Waals surface area contributed by atoms with Gasteiger partial charge in [-0.3, -0.25) is 4.21 Å². The normalized spacial score (nSPS) is 27.2. The van der Waals surface area contributed by atoms with Crippen LogP contribution in [-0.4, -0.2) is 47.7 Å². The Morgan fingerprint density at radius 3 is 2.38 bits per heavy atom. The molecule has 0 aromatic heterocycles. The minimum absolute atomic E-state index is 0.199. The molecule has 1 fully saturated rings. The van der Waals surface area contributed by atoms with Crippen LogP contribution in [0.3, 0.4) is 0 Å². The van der Waals surface area contributed by atoms with E-state index in [1.165, 1.54) is 0 Å². The fourth-order valence-corrected chi connectivity index (χ4v) is 3.81. The summed E-state index contributed by atoms with van der Waals surface area (Å²) >= 11 is 0. The second kappa shape index (κ2) is 6.12.